The molecule has 0 fully saturated rings. The monoisotopic (exact) mass is 736 g/mol. The Labute approximate surface area is 332 Å². The number of rotatable bonds is 4. The number of nitrogens with zero attached hydrogens (tertiary/aromatic N) is 4. The number of hydrogen-bond donors (Lipinski definition) is 0. The molecule has 0 bridgehead atoms. The largest absolute Gasteiger partial charge is 0.309 e. The molecule has 0 unspecified atom stereocenters. The van der Waals surface area contributed by atoms with Gasteiger partial charge in [0.15, 0.2) is 5.65 Å². The number of hydrogen-bond acceptors (Lipinski definition) is 2. The zero-order valence-electron chi connectivity index (χ0n) is 31.3. The lowest BCUT2D eigenvalue weighted by molar-refractivity contribution is 1.18. The van der Waals surface area contributed by atoms with E-state index in [1.165, 1.54) is 82.2 Å². The first kappa shape index (κ1) is 31.4. The maximum absolute atomic E-state index is 5.14. The SMILES string of the molecule is c1ccc(-c2ccc3c4c5ccccc5c(-c5ccccc5)cc4n(-c4ccc(-c5ccc6c(c5)c5cccc7c8nc9ccccc9nc8n6c57)cc4)c3c2)cc1. The summed E-state index contributed by atoms with van der Waals surface area (Å²) in [4.78, 5) is 10.2. The second kappa shape index (κ2) is 11.8. The minimum atomic E-state index is 0.904. The predicted molar refractivity (Wildman–Crippen MR) is 242 cm³/mol. The van der Waals surface area contributed by atoms with Gasteiger partial charge in [-0.3, -0.25) is 4.40 Å². The minimum absolute atomic E-state index is 0.904. The first-order valence-electron chi connectivity index (χ1n) is 19.8. The summed E-state index contributed by atoms with van der Waals surface area (Å²) in [6.07, 6.45) is 0. The van der Waals surface area contributed by atoms with Crippen molar-refractivity contribution in [2.24, 2.45) is 0 Å². The summed E-state index contributed by atoms with van der Waals surface area (Å²) in [6.45, 7) is 0. The van der Waals surface area contributed by atoms with Gasteiger partial charge in [-0.2, -0.15) is 0 Å². The molecule has 13 aromatic rings. The lowest BCUT2D eigenvalue weighted by Gasteiger charge is -2.13. The van der Waals surface area contributed by atoms with Crippen LogP contribution in [0, 0.1) is 0 Å². The number of aromatic nitrogens is 4. The van der Waals surface area contributed by atoms with E-state index < -0.39 is 0 Å². The third kappa shape index (κ3) is 4.40. The van der Waals surface area contributed by atoms with Crippen LogP contribution in [-0.4, -0.2) is 18.9 Å². The quantitative estimate of drug-likeness (QED) is 0.180. The van der Waals surface area contributed by atoms with Crippen molar-refractivity contribution in [1.29, 1.82) is 0 Å². The summed E-state index contributed by atoms with van der Waals surface area (Å²) < 4.78 is 4.77. The molecule has 13 rings (SSSR count). The zero-order valence-corrected chi connectivity index (χ0v) is 31.3. The molecule has 58 heavy (non-hydrogen) atoms. The van der Waals surface area contributed by atoms with E-state index in [-0.39, 0.29) is 0 Å². The van der Waals surface area contributed by atoms with Crippen LogP contribution in [0.3, 0.4) is 0 Å². The molecule has 4 aromatic heterocycles. The Morgan fingerprint density at radius 1 is 0.345 bits per heavy atom. The van der Waals surface area contributed by atoms with Gasteiger partial charge in [0.2, 0.25) is 0 Å². The summed E-state index contributed by atoms with van der Waals surface area (Å²) >= 11 is 0. The summed E-state index contributed by atoms with van der Waals surface area (Å²) in [5.74, 6) is 0. The van der Waals surface area contributed by atoms with Gasteiger partial charge in [-0.25, -0.2) is 9.97 Å². The molecular weight excluding hydrogens is 705 g/mol. The predicted octanol–water partition coefficient (Wildman–Crippen LogP) is 14.0. The van der Waals surface area contributed by atoms with Crippen molar-refractivity contribution in [3.8, 4) is 39.1 Å². The maximum atomic E-state index is 5.14. The minimum Gasteiger partial charge on any atom is -0.309 e. The van der Waals surface area contributed by atoms with Gasteiger partial charge in [0.1, 0.15) is 5.52 Å². The number of fused-ring (bicyclic) bond motifs is 12. The molecule has 9 aromatic carbocycles. The Hall–Kier alpha value is -7.82. The van der Waals surface area contributed by atoms with Crippen LogP contribution >= 0.6 is 0 Å². The zero-order chi connectivity index (χ0) is 37.9. The van der Waals surface area contributed by atoms with Gasteiger partial charge in [0.25, 0.3) is 0 Å². The van der Waals surface area contributed by atoms with Crippen molar-refractivity contribution in [2.45, 2.75) is 0 Å². The Morgan fingerprint density at radius 3 is 1.78 bits per heavy atom. The van der Waals surface area contributed by atoms with E-state index in [0.717, 1.165) is 38.8 Å². The molecule has 0 aliphatic rings. The van der Waals surface area contributed by atoms with Crippen LogP contribution in [0.1, 0.15) is 0 Å². The molecule has 268 valence electrons. The van der Waals surface area contributed by atoms with Crippen LogP contribution in [-0.2, 0) is 0 Å². The molecule has 4 heterocycles. The fraction of sp³-hybridized carbons (Fsp3) is 0. The maximum Gasteiger partial charge on any atom is 0.165 e. The molecule has 0 atom stereocenters. The van der Waals surface area contributed by atoms with Gasteiger partial charge >= 0.3 is 0 Å². The lowest BCUT2D eigenvalue weighted by Crippen LogP contribution is -1.95. The van der Waals surface area contributed by atoms with E-state index >= 15 is 0 Å². The molecule has 0 saturated carbocycles. The Morgan fingerprint density at radius 2 is 0.966 bits per heavy atom. The summed E-state index contributed by atoms with van der Waals surface area (Å²) in [5.41, 5.74) is 16.7. The fourth-order valence-electron chi connectivity index (χ4n) is 9.61. The fourth-order valence-corrected chi connectivity index (χ4v) is 9.61. The van der Waals surface area contributed by atoms with Crippen molar-refractivity contribution in [3.63, 3.8) is 0 Å². The molecule has 0 radical (unpaired) electrons. The third-order valence-corrected chi connectivity index (χ3v) is 12.2. The highest BCUT2D eigenvalue weighted by molar-refractivity contribution is 6.25. The van der Waals surface area contributed by atoms with Crippen LogP contribution < -0.4 is 0 Å². The second-order valence-electron chi connectivity index (χ2n) is 15.4. The summed E-state index contributed by atoms with van der Waals surface area (Å²) in [5, 5.41) is 8.61. The van der Waals surface area contributed by atoms with Crippen LogP contribution in [0.15, 0.2) is 194 Å². The van der Waals surface area contributed by atoms with Crippen molar-refractivity contribution >= 4 is 82.0 Å². The van der Waals surface area contributed by atoms with Crippen LogP contribution in [0.25, 0.3) is 121 Å². The van der Waals surface area contributed by atoms with E-state index in [1.54, 1.807) is 0 Å². The molecule has 4 nitrogen and oxygen atoms in total. The average molecular weight is 737 g/mol. The van der Waals surface area contributed by atoms with Crippen LogP contribution in [0.2, 0.25) is 0 Å². The molecule has 0 aliphatic carbocycles. The molecule has 0 aliphatic heterocycles. The number of benzene rings is 9. The van der Waals surface area contributed by atoms with Crippen LogP contribution in [0.5, 0.6) is 0 Å². The highest BCUT2D eigenvalue weighted by atomic mass is 15.0. The van der Waals surface area contributed by atoms with Crippen molar-refractivity contribution in [3.05, 3.63) is 194 Å². The van der Waals surface area contributed by atoms with Gasteiger partial charge in [0, 0.05) is 32.6 Å². The van der Waals surface area contributed by atoms with Crippen LogP contribution in [0.4, 0.5) is 0 Å². The van der Waals surface area contributed by atoms with Gasteiger partial charge in [-0.1, -0.05) is 146 Å². The normalized spacial score (nSPS) is 12.1. The van der Waals surface area contributed by atoms with Crippen molar-refractivity contribution in [2.75, 3.05) is 0 Å². The third-order valence-electron chi connectivity index (χ3n) is 12.2. The molecular formula is C54H32N4. The van der Waals surface area contributed by atoms with Gasteiger partial charge in [0.05, 0.1) is 33.1 Å². The van der Waals surface area contributed by atoms with E-state index in [2.05, 4.69) is 179 Å². The second-order valence-corrected chi connectivity index (χ2v) is 15.4. The highest BCUT2D eigenvalue weighted by Gasteiger charge is 2.21. The first-order valence-corrected chi connectivity index (χ1v) is 19.8. The molecule has 4 heteroatoms. The van der Waals surface area contributed by atoms with Crippen molar-refractivity contribution in [1.82, 2.24) is 18.9 Å². The lowest BCUT2D eigenvalue weighted by atomic mass is 9.94. The molecule has 0 N–H and O–H groups in total. The molecule has 0 spiro atoms. The molecule has 0 amide bonds. The van der Waals surface area contributed by atoms with Crippen molar-refractivity contribution < 1.29 is 0 Å². The molecule has 0 saturated heterocycles. The topological polar surface area (TPSA) is 35.1 Å². The smallest absolute Gasteiger partial charge is 0.165 e. The Bertz CT molecular complexity index is 3770. The average Bonchev–Trinajstić information content (AvgIpc) is 3.93. The van der Waals surface area contributed by atoms with Gasteiger partial charge in [-0.05, 0) is 92.7 Å². The standard InChI is InChI=1S/C54H32N4/c1-3-12-33(13-4-1)37-24-28-42-49(31-37)57(50-32-44(35-14-5-2-6-15-35)39-16-7-8-17-40(39)51(42)50)38-26-22-34(23-27-38)36-25-29-48-45(30-36)41-18-11-19-43-52-54(58(48)53(41)43)56-47-21-10-9-20-46(47)55-52/h1-32H. The van der Waals surface area contributed by atoms with Gasteiger partial charge < -0.3 is 4.57 Å². The Balaban J connectivity index is 1.01. The van der Waals surface area contributed by atoms with E-state index in [9.17, 15) is 0 Å². The van der Waals surface area contributed by atoms with E-state index in [1.807, 2.05) is 24.3 Å². The number of para-hydroxylation sites is 3. The van der Waals surface area contributed by atoms with Gasteiger partial charge in [-0.15, -0.1) is 0 Å². The summed E-state index contributed by atoms with van der Waals surface area (Å²) in [7, 11) is 0. The first-order chi connectivity index (χ1) is 28.8. The van der Waals surface area contributed by atoms with E-state index in [4.69, 9.17) is 9.97 Å². The van der Waals surface area contributed by atoms with E-state index in [0.29, 0.717) is 0 Å². The summed E-state index contributed by atoms with van der Waals surface area (Å²) in [6, 6.07) is 70.3. The highest BCUT2D eigenvalue weighted by Crippen LogP contribution is 2.44. The Kier molecular flexibility index (Phi) is 6.41.